The smallest absolute Gasteiger partial charge is 0.306 e. The van der Waals surface area contributed by atoms with Crippen molar-refractivity contribution in [3.05, 3.63) is 40.4 Å². The van der Waals surface area contributed by atoms with E-state index in [-0.39, 0.29) is 35.9 Å². The lowest BCUT2D eigenvalue weighted by molar-refractivity contribution is -0.152. The number of likely N-dealkylation sites (N-methyl/N-ethyl adjacent to an activating group) is 1. The van der Waals surface area contributed by atoms with Crippen molar-refractivity contribution in [2.24, 2.45) is 0 Å². The number of nitrogens with one attached hydrogen (secondary N) is 1. The highest BCUT2D eigenvalue weighted by Gasteiger charge is 2.32. The van der Waals surface area contributed by atoms with E-state index in [1.54, 1.807) is 24.3 Å². The van der Waals surface area contributed by atoms with Crippen LogP contribution in [0.4, 0.5) is 0 Å². The Hall–Kier alpha value is -2.75. The van der Waals surface area contributed by atoms with Gasteiger partial charge in [0, 0.05) is 19.5 Å². The standard InChI is InChI=1S/C18H21N3O6S/c1-21(12-8-9-28(25,26)11-12)16(22)10-27-17(23)7-6-15-19-14-5-3-2-4-13(14)18(24)20-15/h2-5,12H,6-11H2,1H3,(H,19,20,24)/t12-/m0/s1. The predicted octanol–water partition coefficient (Wildman–Crippen LogP) is 0.0444. The number of benzene rings is 1. The third kappa shape index (κ3) is 4.75. The van der Waals surface area contributed by atoms with Gasteiger partial charge in [-0.15, -0.1) is 0 Å². The number of carbonyl (C=O) groups is 2. The van der Waals surface area contributed by atoms with Crippen LogP contribution in [0.5, 0.6) is 0 Å². The van der Waals surface area contributed by atoms with Crippen LogP contribution in [0.15, 0.2) is 29.1 Å². The molecule has 150 valence electrons. The van der Waals surface area contributed by atoms with E-state index >= 15 is 0 Å². The van der Waals surface area contributed by atoms with Crippen LogP contribution in [-0.2, 0) is 30.6 Å². The number of carbonyl (C=O) groups excluding carboxylic acids is 2. The maximum atomic E-state index is 12.1. The van der Waals surface area contributed by atoms with Crippen molar-refractivity contribution in [1.29, 1.82) is 0 Å². The second kappa shape index (κ2) is 8.09. The van der Waals surface area contributed by atoms with Crippen LogP contribution in [0.2, 0.25) is 0 Å². The van der Waals surface area contributed by atoms with E-state index < -0.39 is 28.3 Å². The van der Waals surface area contributed by atoms with E-state index in [0.717, 1.165) is 0 Å². The van der Waals surface area contributed by atoms with Gasteiger partial charge in [0.05, 0.1) is 28.8 Å². The Balaban J connectivity index is 1.49. The number of amides is 1. The first-order valence-corrected chi connectivity index (χ1v) is 10.7. The van der Waals surface area contributed by atoms with E-state index in [0.29, 0.717) is 23.1 Å². The van der Waals surface area contributed by atoms with Gasteiger partial charge in [-0.2, -0.15) is 0 Å². The highest BCUT2D eigenvalue weighted by atomic mass is 32.2. The molecule has 28 heavy (non-hydrogen) atoms. The van der Waals surface area contributed by atoms with Gasteiger partial charge in [0.2, 0.25) is 0 Å². The van der Waals surface area contributed by atoms with Gasteiger partial charge in [-0.3, -0.25) is 14.4 Å². The highest BCUT2D eigenvalue weighted by Crippen LogP contribution is 2.16. The van der Waals surface area contributed by atoms with Gasteiger partial charge in [-0.25, -0.2) is 13.4 Å². The number of fused-ring (bicyclic) bond motifs is 1. The average Bonchev–Trinajstić information content (AvgIpc) is 3.03. The van der Waals surface area contributed by atoms with Crippen molar-refractivity contribution >= 4 is 32.6 Å². The molecule has 1 fully saturated rings. The number of aromatic nitrogens is 2. The van der Waals surface area contributed by atoms with Gasteiger partial charge in [-0.05, 0) is 18.6 Å². The van der Waals surface area contributed by atoms with Gasteiger partial charge < -0.3 is 14.6 Å². The minimum Gasteiger partial charge on any atom is -0.456 e. The van der Waals surface area contributed by atoms with Crippen molar-refractivity contribution in [2.75, 3.05) is 25.2 Å². The van der Waals surface area contributed by atoms with Crippen LogP contribution in [0, 0.1) is 0 Å². The largest absolute Gasteiger partial charge is 0.456 e. The third-order valence-electron chi connectivity index (χ3n) is 4.73. The minimum absolute atomic E-state index is 0.0456. The molecule has 1 saturated heterocycles. The molecule has 1 aliphatic heterocycles. The SMILES string of the molecule is CN(C(=O)COC(=O)CCc1nc2ccccc2c(=O)[nH]1)[C@H]1CCS(=O)(=O)C1. The Morgan fingerprint density at radius 2 is 2.07 bits per heavy atom. The Morgan fingerprint density at radius 3 is 2.79 bits per heavy atom. The second-order valence-electron chi connectivity index (χ2n) is 6.75. The summed E-state index contributed by atoms with van der Waals surface area (Å²) in [6, 6.07) is 6.50. The molecule has 1 aliphatic rings. The molecule has 0 bridgehead atoms. The molecule has 2 heterocycles. The Labute approximate surface area is 161 Å². The summed E-state index contributed by atoms with van der Waals surface area (Å²) in [6.07, 6.45) is 0.513. The van der Waals surface area contributed by atoms with Crippen molar-refractivity contribution in [3.8, 4) is 0 Å². The van der Waals surface area contributed by atoms with Gasteiger partial charge in [0.1, 0.15) is 5.82 Å². The molecule has 0 aliphatic carbocycles. The summed E-state index contributed by atoms with van der Waals surface area (Å²) in [4.78, 5) is 44.3. The molecule has 2 aromatic rings. The fourth-order valence-electron chi connectivity index (χ4n) is 3.07. The number of hydrogen-bond donors (Lipinski definition) is 1. The molecule has 1 atom stereocenters. The lowest BCUT2D eigenvalue weighted by atomic mass is 10.2. The van der Waals surface area contributed by atoms with Gasteiger partial charge in [0.25, 0.3) is 11.5 Å². The molecule has 3 rings (SSSR count). The number of aryl methyl sites for hydroxylation is 1. The first-order chi connectivity index (χ1) is 13.2. The normalized spacial score (nSPS) is 18.1. The molecule has 1 aromatic carbocycles. The van der Waals surface area contributed by atoms with Crippen molar-refractivity contribution in [2.45, 2.75) is 25.3 Å². The highest BCUT2D eigenvalue weighted by molar-refractivity contribution is 7.91. The van der Waals surface area contributed by atoms with Gasteiger partial charge >= 0.3 is 5.97 Å². The molecule has 1 amide bonds. The maximum absolute atomic E-state index is 12.1. The van der Waals surface area contributed by atoms with E-state index in [1.807, 2.05) is 0 Å². The first-order valence-electron chi connectivity index (χ1n) is 8.85. The van der Waals surface area contributed by atoms with Gasteiger partial charge in [0.15, 0.2) is 16.4 Å². The fourth-order valence-corrected chi connectivity index (χ4v) is 4.85. The van der Waals surface area contributed by atoms with Crippen LogP contribution < -0.4 is 5.56 Å². The number of aromatic amines is 1. The van der Waals surface area contributed by atoms with Crippen molar-refractivity contribution in [3.63, 3.8) is 0 Å². The van der Waals surface area contributed by atoms with E-state index in [2.05, 4.69) is 9.97 Å². The lowest BCUT2D eigenvalue weighted by Gasteiger charge is -2.23. The summed E-state index contributed by atoms with van der Waals surface area (Å²) < 4.78 is 28.0. The molecular formula is C18H21N3O6S. The number of sulfone groups is 1. The summed E-state index contributed by atoms with van der Waals surface area (Å²) in [5.74, 6) is -0.694. The summed E-state index contributed by atoms with van der Waals surface area (Å²) >= 11 is 0. The van der Waals surface area contributed by atoms with Crippen LogP contribution in [0.1, 0.15) is 18.7 Å². The molecule has 0 saturated carbocycles. The summed E-state index contributed by atoms with van der Waals surface area (Å²) in [5, 5.41) is 0.469. The zero-order valence-corrected chi connectivity index (χ0v) is 16.2. The second-order valence-corrected chi connectivity index (χ2v) is 8.98. The monoisotopic (exact) mass is 407 g/mol. The topological polar surface area (TPSA) is 126 Å². The number of rotatable bonds is 6. The van der Waals surface area contributed by atoms with Crippen LogP contribution in [0.25, 0.3) is 10.9 Å². The number of nitrogens with zero attached hydrogens (tertiary/aromatic N) is 2. The molecule has 1 N–H and O–H groups in total. The third-order valence-corrected chi connectivity index (χ3v) is 6.48. The Morgan fingerprint density at radius 1 is 1.32 bits per heavy atom. The van der Waals surface area contributed by atoms with E-state index in [4.69, 9.17) is 4.74 Å². The minimum atomic E-state index is -3.10. The average molecular weight is 407 g/mol. The zero-order valence-electron chi connectivity index (χ0n) is 15.4. The van der Waals surface area contributed by atoms with E-state index in [1.165, 1.54) is 11.9 Å². The maximum Gasteiger partial charge on any atom is 0.306 e. The molecule has 0 spiro atoms. The molecule has 0 radical (unpaired) electrons. The number of para-hydroxylation sites is 1. The number of ether oxygens (including phenoxy) is 1. The zero-order chi connectivity index (χ0) is 20.3. The van der Waals surface area contributed by atoms with Crippen molar-refractivity contribution in [1.82, 2.24) is 14.9 Å². The molecule has 10 heteroatoms. The number of hydrogen-bond acceptors (Lipinski definition) is 7. The van der Waals surface area contributed by atoms with Crippen LogP contribution in [0.3, 0.4) is 0 Å². The summed E-state index contributed by atoms with van der Waals surface area (Å²) in [7, 11) is -1.60. The molecule has 0 unspecified atom stereocenters. The quantitative estimate of drug-likeness (QED) is 0.670. The summed E-state index contributed by atoms with van der Waals surface area (Å²) in [5.41, 5.74) is 0.259. The summed E-state index contributed by atoms with van der Waals surface area (Å²) in [6.45, 7) is -0.451. The molecule has 9 nitrogen and oxygen atoms in total. The lowest BCUT2D eigenvalue weighted by Crippen LogP contribution is -2.40. The van der Waals surface area contributed by atoms with E-state index in [9.17, 15) is 22.8 Å². The molecular weight excluding hydrogens is 386 g/mol. The van der Waals surface area contributed by atoms with Crippen LogP contribution >= 0.6 is 0 Å². The van der Waals surface area contributed by atoms with Crippen molar-refractivity contribution < 1.29 is 22.7 Å². The Bertz CT molecular complexity index is 1060. The van der Waals surface area contributed by atoms with Crippen LogP contribution in [-0.4, -0.2) is 66.4 Å². The fraction of sp³-hybridized carbons (Fsp3) is 0.444. The number of H-pyrrole nitrogens is 1. The molecule has 1 aromatic heterocycles. The van der Waals surface area contributed by atoms with Gasteiger partial charge in [-0.1, -0.05) is 12.1 Å². The first kappa shape index (κ1) is 20.0. The number of esters is 1. The predicted molar refractivity (Wildman–Crippen MR) is 101 cm³/mol. The Kier molecular flexibility index (Phi) is 5.78.